The van der Waals surface area contributed by atoms with Crippen LogP contribution in [0, 0.1) is 0 Å². The third-order valence-corrected chi connectivity index (χ3v) is 1.87. The number of imide groups is 1. The molecule has 0 fully saturated rings. The third kappa shape index (κ3) is 6.87. The molecule has 3 atom stereocenters. The Morgan fingerprint density at radius 1 is 1.33 bits per heavy atom. The Labute approximate surface area is 89.2 Å². The molecule has 0 aromatic heterocycles. The maximum Gasteiger partial charge on any atom is 0.318 e. The summed E-state index contributed by atoms with van der Waals surface area (Å²) < 4.78 is 0. The van der Waals surface area contributed by atoms with E-state index in [0.717, 1.165) is 0 Å². The molecule has 0 rings (SSSR count). The van der Waals surface area contributed by atoms with Crippen molar-refractivity contribution >= 4 is 11.9 Å². The lowest BCUT2D eigenvalue weighted by Gasteiger charge is -2.19. The summed E-state index contributed by atoms with van der Waals surface area (Å²) in [6.45, 7) is 5.14. The second-order valence-electron chi connectivity index (χ2n) is 3.73. The van der Waals surface area contributed by atoms with Crippen LogP contribution in [0.25, 0.3) is 0 Å². The van der Waals surface area contributed by atoms with Gasteiger partial charge in [-0.2, -0.15) is 0 Å². The Balaban J connectivity index is 3.95. The van der Waals surface area contributed by atoms with Crippen LogP contribution < -0.4 is 16.4 Å². The van der Waals surface area contributed by atoms with Crippen LogP contribution in [-0.4, -0.2) is 35.2 Å². The second-order valence-corrected chi connectivity index (χ2v) is 3.73. The minimum atomic E-state index is -0.864. The molecule has 0 bridgehead atoms. The Morgan fingerprint density at radius 3 is 2.27 bits per heavy atom. The van der Waals surface area contributed by atoms with Crippen LogP contribution in [0.2, 0.25) is 0 Å². The molecule has 0 saturated heterocycles. The molecule has 0 radical (unpaired) electrons. The topological polar surface area (TPSA) is 104 Å². The van der Waals surface area contributed by atoms with E-state index in [1.807, 2.05) is 12.2 Å². The minimum absolute atomic E-state index is 0.0152. The molecule has 6 heteroatoms. The molecule has 0 aromatic rings. The van der Waals surface area contributed by atoms with Gasteiger partial charge in [0.1, 0.15) is 0 Å². The minimum Gasteiger partial charge on any atom is -0.393 e. The first-order valence-electron chi connectivity index (χ1n) is 4.87. The maximum atomic E-state index is 11.2. The first-order valence-corrected chi connectivity index (χ1v) is 4.87. The van der Waals surface area contributed by atoms with Gasteiger partial charge in [0, 0.05) is 6.04 Å². The van der Waals surface area contributed by atoms with Crippen molar-refractivity contribution in [2.24, 2.45) is 5.73 Å². The van der Waals surface area contributed by atoms with Crippen molar-refractivity contribution in [3.63, 3.8) is 0 Å². The van der Waals surface area contributed by atoms with E-state index in [9.17, 15) is 9.59 Å². The van der Waals surface area contributed by atoms with Gasteiger partial charge < -0.3 is 16.2 Å². The third-order valence-electron chi connectivity index (χ3n) is 1.87. The molecule has 0 heterocycles. The number of primary amides is 1. The van der Waals surface area contributed by atoms with Crippen LogP contribution in [0.4, 0.5) is 4.79 Å². The highest BCUT2D eigenvalue weighted by molar-refractivity contribution is 5.96. The van der Waals surface area contributed by atoms with Crippen LogP contribution in [0.1, 0.15) is 27.2 Å². The van der Waals surface area contributed by atoms with Gasteiger partial charge >= 0.3 is 6.03 Å². The molecule has 0 aromatic carbocycles. The SMILES string of the molecule is CC(O)CC(C)NC(C)C(=O)NC(N)=O. The van der Waals surface area contributed by atoms with E-state index >= 15 is 0 Å². The lowest BCUT2D eigenvalue weighted by Crippen LogP contribution is -2.49. The fraction of sp³-hybridized carbons (Fsp3) is 0.778. The molecule has 0 saturated carbocycles. The van der Waals surface area contributed by atoms with Crippen molar-refractivity contribution in [2.45, 2.75) is 45.4 Å². The van der Waals surface area contributed by atoms with Gasteiger partial charge in [0.15, 0.2) is 0 Å². The molecular formula is C9H19N3O3. The molecular weight excluding hydrogens is 198 g/mol. The molecule has 6 nitrogen and oxygen atoms in total. The largest absolute Gasteiger partial charge is 0.393 e. The van der Waals surface area contributed by atoms with Crippen LogP contribution in [0.15, 0.2) is 0 Å². The van der Waals surface area contributed by atoms with E-state index in [4.69, 9.17) is 10.8 Å². The molecule has 0 aliphatic rings. The van der Waals surface area contributed by atoms with E-state index in [0.29, 0.717) is 6.42 Å². The van der Waals surface area contributed by atoms with Crippen molar-refractivity contribution in [1.29, 1.82) is 0 Å². The number of aliphatic hydroxyl groups excluding tert-OH is 1. The smallest absolute Gasteiger partial charge is 0.318 e. The number of nitrogens with two attached hydrogens (primary N) is 1. The molecule has 5 N–H and O–H groups in total. The monoisotopic (exact) mass is 217 g/mol. The summed E-state index contributed by atoms with van der Waals surface area (Å²) in [5.74, 6) is -0.472. The summed E-state index contributed by atoms with van der Waals surface area (Å²) in [5.41, 5.74) is 4.80. The summed E-state index contributed by atoms with van der Waals surface area (Å²) in [7, 11) is 0. The number of carbonyl (C=O) groups excluding carboxylic acids is 2. The van der Waals surface area contributed by atoms with Crippen LogP contribution >= 0.6 is 0 Å². The van der Waals surface area contributed by atoms with Crippen molar-refractivity contribution < 1.29 is 14.7 Å². The molecule has 3 amide bonds. The second kappa shape index (κ2) is 6.36. The fourth-order valence-corrected chi connectivity index (χ4v) is 1.31. The van der Waals surface area contributed by atoms with E-state index < -0.39 is 24.1 Å². The molecule has 88 valence electrons. The van der Waals surface area contributed by atoms with Gasteiger partial charge in [0.2, 0.25) is 5.91 Å². The number of urea groups is 1. The van der Waals surface area contributed by atoms with Gasteiger partial charge in [-0.1, -0.05) is 0 Å². The Hall–Kier alpha value is -1.14. The number of hydrogen-bond donors (Lipinski definition) is 4. The predicted molar refractivity (Wildman–Crippen MR) is 56.1 cm³/mol. The highest BCUT2D eigenvalue weighted by Crippen LogP contribution is 1.98. The van der Waals surface area contributed by atoms with Gasteiger partial charge in [-0.3, -0.25) is 10.1 Å². The maximum absolute atomic E-state index is 11.2. The summed E-state index contributed by atoms with van der Waals surface area (Å²) in [6.07, 6.45) is 0.104. The summed E-state index contributed by atoms with van der Waals surface area (Å²) in [6, 6.07) is -1.40. The van der Waals surface area contributed by atoms with Crippen LogP contribution in [-0.2, 0) is 4.79 Å². The summed E-state index contributed by atoms with van der Waals surface area (Å²) >= 11 is 0. The average molecular weight is 217 g/mol. The normalized spacial score (nSPS) is 16.5. The number of carbonyl (C=O) groups is 2. The van der Waals surface area contributed by atoms with Crippen molar-refractivity contribution in [1.82, 2.24) is 10.6 Å². The summed E-state index contributed by atoms with van der Waals surface area (Å²) in [4.78, 5) is 21.6. The summed E-state index contributed by atoms with van der Waals surface area (Å²) in [5, 5.41) is 14.0. The Bertz CT molecular complexity index is 231. The lowest BCUT2D eigenvalue weighted by molar-refractivity contribution is -0.121. The van der Waals surface area contributed by atoms with Gasteiger partial charge in [-0.25, -0.2) is 4.79 Å². The number of hydrogen-bond acceptors (Lipinski definition) is 4. The molecule has 0 spiro atoms. The van der Waals surface area contributed by atoms with Gasteiger partial charge in [0.25, 0.3) is 0 Å². The first kappa shape index (κ1) is 13.9. The van der Waals surface area contributed by atoms with Gasteiger partial charge in [0.05, 0.1) is 12.1 Å². The van der Waals surface area contributed by atoms with Gasteiger partial charge in [-0.05, 0) is 27.2 Å². The van der Waals surface area contributed by atoms with Crippen LogP contribution in [0.3, 0.4) is 0 Å². The van der Waals surface area contributed by atoms with Crippen LogP contribution in [0.5, 0.6) is 0 Å². The highest BCUT2D eigenvalue weighted by atomic mass is 16.3. The van der Waals surface area contributed by atoms with Gasteiger partial charge in [-0.15, -0.1) is 0 Å². The fourth-order valence-electron chi connectivity index (χ4n) is 1.31. The number of rotatable bonds is 5. The van der Waals surface area contributed by atoms with E-state index in [1.165, 1.54) is 0 Å². The first-order chi connectivity index (χ1) is 6.82. The lowest BCUT2D eigenvalue weighted by atomic mass is 10.1. The zero-order valence-electron chi connectivity index (χ0n) is 9.28. The molecule has 0 aliphatic heterocycles. The van der Waals surface area contributed by atoms with Crippen molar-refractivity contribution in [3.05, 3.63) is 0 Å². The number of amides is 3. The Morgan fingerprint density at radius 2 is 1.87 bits per heavy atom. The van der Waals surface area contributed by atoms with E-state index in [2.05, 4.69) is 5.32 Å². The quantitative estimate of drug-likeness (QED) is 0.489. The zero-order valence-corrected chi connectivity index (χ0v) is 9.28. The molecule has 15 heavy (non-hydrogen) atoms. The number of nitrogens with one attached hydrogen (secondary N) is 2. The predicted octanol–water partition coefficient (Wildman–Crippen LogP) is -0.681. The van der Waals surface area contributed by atoms with E-state index in [-0.39, 0.29) is 6.04 Å². The standard InChI is InChI=1S/C9H19N3O3/c1-5(4-6(2)13)11-7(3)8(14)12-9(10)15/h5-7,11,13H,4H2,1-3H3,(H3,10,12,14,15). The van der Waals surface area contributed by atoms with Crippen molar-refractivity contribution in [3.8, 4) is 0 Å². The van der Waals surface area contributed by atoms with E-state index in [1.54, 1.807) is 13.8 Å². The Kier molecular flexibility index (Phi) is 5.88. The molecule has 3 unspecified atom stereocenters. The average Bonchev–Trinajstić information content (AvgIpc) is 2.00. The number of aliphatic hydroxyl groups is 1. The highest BCUT2D eigenvalue weighted by Gasteiger charge is 2.17. The zero-order chi connectivity index (χ0) is 12.0. The molecule has 0 aliphatic carbocycles. The van der Waals surface area contributed by atoms with Crippen molar-refractivity contribution in [2.75, 3.05) is 0 Å².